The predicted octanol–water partition coefficient (Wildman–Crippen LogP) is -0.667. The predicted molar refractivity (Wildman–Crippen MR) is 95.5 cm³/mol. The molecule has 0 spiro atoms. The van der Waals surface area contributed by atoms with Crippen LogP contribution in [0.5, 0.6) is 0 Å². The lowest BCUT2D eigenvalue weighted by atomic mass is 9.86. The van der Waals surface area contributed by atoms with Crippen molar-refractivity contribution in [1.29, 1.82) is 0 Å². The van der Waals surface area contributed by atoms with E-state index in [0.29, 0.717) is 25.0 Å². The van der Waals surface area contributed by atoms with Crippen LogP contribution in [0.25, 0.3) is 0 Å². The molecule has 0 amide bonds. The van der Waals surface area contributed by atoms with Crippen molar-refractivity contribution in [2.45, 2.75) is 25.7 Å². The Hall–Kier alpha value is -0.900. The molecule has 2 aliphatic rings. The van der Waals surface area contributed by atoms with Crippen molar-refractivity contribution in [3.63, 3.8) is 0 Å². The van der Waals surface area contributed by atoms with Gasteiger partial charge in [0.15, 0.2) is 5.96 Å². The molecule has 1 saturated carbocycles. The topological polar surface area (TPSA) is 109 Å². The summed E-state index contributed by atoms with van der Waals surface area (Å²) >= 11 is 0. The Morgan fingerprint density at radius 2 is 2.04 bits per heavy atom. The first-order chi connectivity index (χ1) is 11.6. The molecule has 0 radical (unpaired) electrons. The summed E-state index contributed by atoms with van der Waals surface area (Å²) in [6.45, 7) is 6.02. The molecule has 0 aromatic carbocycles. The van der Waals surface area contributed by atoms with Crippen LogP contribution < -0.4 is 15.8 Å². The van der Waals surface area contributed by atoms with Crippen LogP contribution >= 0.6 is 0 Å². The van der Waals surface area contributed by atoms with Gasteiger partial charge in [-0.15, -0.1) is 0 Å². The summed E-state index contributed by atoms with van der Waals surface area (Å²) in [6.07, 6.45) is 4.41. The fraction of sp³-hybridized carbons (Fsp3) is 0.933. The second kappa shape index (κ2) is 10.2. The van der Waals surface area contributed by atoms with E-state index >= 15 is 0 Å². The van der Waals surface area contributed by atoms with Crippen LogP contribution in [0.4, 0.5) is 0 Å². The number of morpholine rings is 1. The molecule has 1 saturated heterocycles. The Morgan fingerprint density at radius 1 is 1.29 bits per heavy atom. The van der Waals surface area contributed by atoms with E-state index in [9.17, 15) is 8.42 Å². The molecule has 0 atom stereocenters. The van der Waals surface area contributed by atoms with Crippen LogP contribution in [0.15, 0.2) is 4.99 Å². The van der Waals surface area contributed by atoms with Crippen LogP contribution in [0, 0.1) is 5.92 Å². The second-order valence-corrected chi connectivity index (χ2v) is 8.39. The van der Waals surface area contributed by atoms with E-state index in [1.54, 1.807) is 0 Å². The summed E-state index contributed by atoms with van der Waals surface area (Å²) in [5.41, 5.74) is 5.77. The lowest BCUT2D eigenvalue weighted by molar-refractivity contribution is 0.0377. The molecule has 2 rings (SSSR count). The number of hydrogen-bond acceptors (Lipinski definition) is 5. The number of nitrogens with zero attached hydrogens (tertiary/aromatic N) is 2. The molecule has 4 N–H and O–H groups in total. The van der Waals surface area contributed by atoms with Gasteiger partial charge in [-0.05, 0) is 25.2 Å². The number of hydrogen-bond donors (Lipinski definition) is 3. The average Bonchev–Trinajstić information content (AvgIpc) is 2.51. The molecule has 0 bridgehead atoms. The fourth-order valence-corrected chi connectivity index (χ4v) is 3.71. The minimum atomic E-state index is -3.23. The molecular formula is C15H31N5O3S. The molecule has 8 nitrogen and oxygen atoms in total. The number of ether oxygens (including phenoxy) is 1. The Labute approximate surface area is 145 Å². The number of nitrogens with one attached hydrogen (secondary N) is 2. The fourth-order valence-electron chi connectivity index (χ4n) is 2.70. The number of nitrogens with two attached hydrogens (primary N) is 1. The summed E-state index contributed by atoms with van der Waals surface area (Å²) in [4.78, 5) is 6.59. The molecular weight excluding hydrogens is 330 g/mol. The third-order valence-electron chi connectivity index (χ3n) is 4.51. The SMILES string of the molecule is NC(=NCCCN1CCOCC1)NCCS(=O)(=O)NCC1CCC1. The maximum atomic E-state index is 11.8. The van der Waals surface area contributed by atoms with Gasteiger partial charge in [-0.2, -0.15) is 0 Å². The zero-order valence-corrected chi connectivity index (χ0v) is 15.2. The highest BCUT2D eigenvalue weighted by molar-refractivity contribution is 7.89. The Bertz CT molecular complexity index is 487. The highest BCUT2D eigenvalue weighted by Crippen LogP contribution is 2.25. The quantitative estimate of drug-likeness (QED) is 0.271. The first kappa shape index (κ1) is 19.4. The summed E-state index contributed by atoms with van der Waals surface area (Å²) in [5, 5.41) is 2.87. The summed E-state index contributed by atoms with van der Waals surface area (Å²) in [6, 6.07) is 0. The van der Waals surface area contributed by atoms with Crippen molar-refractivity contribution in [2.75, 3.05) is 58.2 Å². The van der Waals surface area contributed by atoms with Gasteiger partial charge in [0.2, 0.25) is 10.0 Å². The number of aliphatic imine (C=N–C) groups is 1. The first-order valence-corrected chi connectivity index (χ1v) is 10.5. The van der Waals surface area contributed by atoms with E-state index < -0.39 is 10.0 Å². The molecule has 0 aromatic heterocycles. The van der Waals surface area contributed by atoms with Gasteiger partial charge in [-0.3, -0.25) is 9.89 Å². The zero-order chi connectivity index (χ0) is 17.3. The van der Waals surface area contributed by atoms with Crippen LogP contribution in [0.1, 0.15) is 25.7 Å². The highest BCUT2D eigenvalue weighted by Gasteiger charge is 2.19. The molecule has 0 aromatic rings. The van der Waals surface area contributed by atoms with Crippen molar-refractivity contribution in [3.8, 4) is 0 Å². The smallest absolute Gasteiger partial charge is 0.213 e. The minimum absolute atomic E-state index is 0.0176. The standard InChI is InChI=1S/C15H31N5O3S/c16-15(17-5-2-7-20-8-10-23-11-9-20)18-6-12-24(21,22)19-13-14-3-1-4-14/h14,19H,1-13H2,(H3,16,17,18). The third kappa shape index (κ3) is 7.78. The van der Waals surface area contributed by atoms with Gasteiger partial charge in [-0.25, -0.2) is 13.1 Å². The van der Waals surface area contributed by atoms with E-state index in [1.165, 1.54) is 6.42 Å². The van der Waals surface area contributed by atoms with Crippen LogP contribution in [-0.4, -0.2) is 77.5 Å². The van der Waals surface area contributed by atoms with Crippen molar-refractivity contribution in [1.82, 2.24) is 14.9 Å². The largest absolute Gasteiger partial charge is 0.379 e. The minimum Gasteiger partial charge on any atom is -0.379 e. The van der Waals surface area contributed by atoms with Gasteiger partial charge in [0.1, 0.15) is 0 Å². The van der Waals surface area contributed by atoms with Gasteiger partial charge < -0.3 is 15.8 Å². The summed E-state index contributed by atoms with van der Waals surface area (Å²) in [5.74, 6) is 0.848. The van der Waals surface area contributed by atoms with Crippen LogP contribution in [-0.2, 0) is 14.8 Å². The van der Waals surface area contributed by atoms with Crippen molar-refractivity contribution in [3.05, 3.63) is 0 Å². The van der Waals surface area contributed by atoms with E-state index in [4.69, 9.17) is 10.5 Å². The molecule has 1 heterocycles. The molecule has 140 valence electrons. The maximum absolute atomic E-state index is 11.8. The van der Waals surface area contributed by atoms with Gasteiger partial charge >= 0.3 is 0 Å². The number of sulfonamides is 1. The van der Waals surface area contributed by atoms with Crippen molar-refractivity contribution >= 4 is 16.0 Å². The molecule has 24 heavy (non-hydrogen) atoms. The van der Waals surface area contributed by atoms with Gasteiger partial charge in [0, 0.05) is 39.3 Å². The Balaban J connectivity index is 1.51. The van der Waals surface area contributed by atoms with E-state index in [1.807, 2.05) is 0 Å². The van der Waals surface area contributed by atoms with Gasteiger partial charge in [0.25, 0.3) is 0 Å². The van der Waals surface area contributed by atoms with E-state index in [-0.39, 0.29) is 12.3 Å². The molecule has 1 aliphatic heterocycles. The van der Waals surface area contributed by atoms with Crippen molar-refractivity contribution in [2.24, 2.45) is 16.6 Å². The zero-order valence-electron chi connectivity index (χ0n) is 14.4. The molecule has 1 aliphatic carbocycles. The van der Waals surface area contributed by atoms with Gasteiger partial charge in [0.05, 0.1) is 19.0 Å². The Morgan fingerprint density at radius 3 is 2.71 bits per heavy atom. The van der Waals surface area contributed by atoms with Crippen LogP contribution in [0.3, 0.4) is 0 Å². The molecule has 2 fully saturated rings. The lowest BCUT2D eigenvalue weighted by Crippen LogP contribution is -2.40. The third-order valence-corrected chi connectivity index (χ3v) is 5.86. The Kier molecular flexibility index (Phi) is 8.23. The second-order valence-electron chi connectivity index (χ2n) is 6.47. The number of guanidine groups is 1. The molecule has 0 unspecified atom stereocenters. The van der Waals surface area contributed by atoms with E-state index in [2.05, 4.69) is 19.9 Å². The highest BCUT2D eigenvalue weighted by atomic mass is 32.2. The first-order valence-electron chi connectivity index (χ1n) is 8.86. The van der Waals surface area contributed by atoms with Gasteiger partial charge in [-0.1, -0.05) is 6.42 Å². The summed E-state index contributed by atoms with van der Waals surface area (Å²) in [7, 11) is -3.23. The molecule has 9 heteroatoms. The monoisotopic (exact) mass is 361 g/mol. The maximum Gasteiger partial charge on any atom is 0.213 e. The normalized spacial score (nSPS) is 20.8. The van der Waals surface area contributed by atoms with Crippen LogP contribution in [0.2, 0.25) is 0 Å². The van der Waals surface area contributed by atoms with Crippen molar-refractivity contribution < 1.29 is 13.2 Å². The summed E-state index contributed by atoms with van der Waals surface area (Å²) < 4.78 is 31.7. The number of rotatable bonds is 10. The lowest BCUT2D eigenvalue weighted by Gasteiger charge is -2.26. The van der Waals surface area contributed by atoms with E-state index in [0.717, 1.165) is 52.1 Å². The average molecular weight is 362 g/mol.